The summed E-state index contributed by atoms with van der Waals surface area (Å²) < 4.78 is 38.5. The van der Waals surface area contributed by atoms with Crippen molar-refractivity contribution in [2.75, 3.05) is 26.2 Å². The molecule has 5 nitrogen and oxygen atoms in total. The van der Waals surface area contributed by atoms with Gasteiger partial charge in [-0.25, -0.2) is 0 Å². The van der Waals surface area contributed by atoms with Gasteiger partial charge in [0.05, 0.1) is 11.6 Å². The highest BCUT2D eigenvalue weighted by Gasteiger charge is 2.44. The first kappa shape index (κ1) is 28.4. The fourth-order valence-electron chi connectivity index (χ4n) is 5.69. The Bertz CT molecular complexity index is 1100. The Hall–Kier alpha value is -2.58. The minimum Gasteiger partial charge on any atom is -0.349 e. The molecule has 38 heavy (non-hydrogen) atoms. The molecular weight excluding hydrogens is 515 g/mol. The fourth-order valence-corrected chi connectivity index (χ4v) is 5.69. The Kier molecular flexibility index (Phi) is 8.72. The summed E-state index contributed by atoms with van der Waals surface area (Å²) in [5.74, 6) is 0.413. The molecule has 1 aliphatic carbocycles. The Balaban J connectivity index is 0.00000336. The summed E-state index contributed by atoms with van der Waals surface area (Å²) in [6, 6.07) is 15.2. The third kappa shape index (κ3) is 6.89. The Labute approximate surface area is 228 Å². The van der Waals surface area contributed by atoms with Crippen molar-refractivity contribution >= 4 is 24.2 Å². The summed E-state index contributed by atoms with van der Waals surface area (Å²) in [5, 5.41) is 3.25. The smallest absolute Gasteiger partial charge is 0.349 e. The minimum absolute atomic E-state index is 0. The maximum Gasteiger partial charge on any atom is 0.416 e. The average Bonchev–Trinajstić information content (AvgIpc) is 3.69. The third-order valence-corrected chi connectivity index (χ3v) is 8.18. The van der Waals surface area contributed by atoms with Gasteiger partial charge in [0.25, 0.3) is 0 Å². The molecule has 2 aromatic carbocycles. The van der Waals surface area contributed by atoms with E-state index >= 15 is 0 Å². The number of likely N-dealkylation sites (tertiary alicyclic amines) is 2. The summed E-state index contributed by atoms with van der Waals surface area (Å²) in [5.41, 5.74) is 1.12. The van der Waals surface area contributed by atoms with Crippen LogP contribution < -0.4 is 5.32 Å². The number of hydrogen-bond donors (Lipinski definition) is 1. The average molecular weight is 550 g/mol. The molecule has 0 aromatic heterocycles. The van der Waals surface area contributed by atoms with Crippen molar-refractivity contribution in [2.45, 2.75) is 57.3 Å². The van der Waals surface area contributed by atoms with Crippen LogP contribution in [0, 0.1) is 11.3 Å². The lowest BCUT2D eigenvalue weighted by molar-refractivity contribution is -0.137. The largest absolute Gasteiger partial charge is 0.416 e. The van der Waals surface area contributed by atoms with Crippen molar-refractivity contribution in [3.63, 3.8) is 0 Å². The second-order valence-electron chi connectivity index (χ2n) is 11.0. The van der Waals surface area contributed by atoms with Crippen LogP contribution >= 0.6 is 12.4 Å². The van der Waals surface area contributed by atoms with Crippen LogP contribution in [0.1, 0.15) is 61.3 Å². The van der Waals surface area contributed by atoms with Gasteiger partial charge < -0.3 is 15.1 Å². The summed E-state index contributed by atoms with van der Waals surface area (Å²) in [6.45, 7) is 3.69. The van der Waals surface area contributed by atoms with Gasteiger partial charge >= 0.3 is 6.18 Å². The molecule has 1 atom stereocenters. The SMILES string of the molecule is Cl.O=C(N[C@@H](CCN1CCC2(CC1)CC(=O)N(Cc1ccc(C(F)(F)F)cc1)C2)c1ccccc1)C1CC1. The highest BCUT2D eigenvalue weighted by Crippen LogP contribution is 2.42. The molecular formula is C29H35ClF3N3O2. The number of benzene rings is 2. The second kappa shape index (κ2) is 11.7. The molecule has 0 bridgehead atoms. The summed E-state index contributed by atoms with van der Waals surface area (Å²) in [4.78, 5) is 29.5. The van der Waals surface area contributed by atoms with Crippen molar-refractivity contribution in [1.29, 1.82) is 0 Å². The highest BCUT2D eigenvalue weighted by molar-refractivity contribution is 5.85. The number of nitrogens with zero attached hydrogens (tertiary/aromatic N) is 2. The molecule has 9 heteroatoms. The Morgan fingerprint density at radius 1 is 1.03 bits per heavy atom. The summed E-state index contributed by atoms with van der Waals surface area (Å²) >= 11 is 0. The van der Waals surface area contributed by atoms with E-state index in [-0.39, 0.29) is 41.6 Å². The van der Waals surface area contributed by atoms with Gasteiger partial charge in [0, 0.05) is 32.0 Å². The molecule has 1 saturated carbocycles. The highest BCUT2D eigenvalue weighted by atomic mass is 35.5. The normalized spacial score (nSPS) is 20.3. The van der Waals surface area contributed by atoms with Crippen LogP contribution in [0.25, 0.3) is 0 Å². The monoisotopic (exact) mass is 549 g/mol. The van der Waals surface area contributed by atoms with Gasteiger partial charge in [-0.05, 0) is 73.9 Å². The molecule has 2 aliphatic heterocycles. The van der Waals surface area contributed by atoms with E-state index in [1.165, 1.54) is 12.1 Å². The number of alkyl halides is 3. The van der Waals surface area contributed by atoms with Crippen LogP contribution in [0.2, 0.25) is 0 Å². The molecule has 5 rings (SSSR count). The van der Waals surface area contributed by atoms with Crippen LogP contribution in [0.15, 0.2) is 54.6 Å². The van der Waals surface area contributed by atoms with E-state index in [9.17, 15) is 22.8 Å². The second-order valence-corrected chi connectivity index (χ2v) is 11.0. The zero-order chi connectivity index (χ0) is 26.0. The lowest BCUT2D eigenvalue weighted by Crippen LogP contribution is -2.42. The molecule has 0 radical (unpaired) electrons. The lowest BCUT2D eigenvalue weighted by atomic mass is 9.77. The van der Waals surface area contributed by atoms with Gasteiger partial charge in [0.15, 0.2) is 0 Å². The first-order valence-electron chi connectivity index (χ1n) is 13.2. The molecule has 2 aromatic rings. The van der Waals surface area contributed by atoms with E-state index < -0.39 is 11.7 Å². The predicted molar refractivity (Wildman–Crippen MR) is 141 cm³/mol. The van der Waals surface area contributed by atoms with Crippen molar-refractivity contribution in [3.8, 4) is 0 Å². The van der Waals surface area contributed by atoms with Crippen molar-refractivity contribution in [3.05, 3.63) is 71.3 Å². The minimum atomic E-state index is -4.36. The molecule has 2 amide bonds. The number of piperidine rings is 1. The summed E-state index contributed by atoms with van der Waals surface area (Å²) in [6.07, 6.45) is 0.801. The molecule has 1 spiro atoms. The van der Waals surface area contributed by atoms with Crippen LogP contribution in [0.3, 0.4) is 0 Å². The van der Waals surface area contributed by atoms with E-state index in [1.54, 1.807) is 4.90 Å². The van der Waals surface area contributed by atoms with E-state index in [4.69, 9.17) is 0 Å². The number of carbonyl (C=O) groups is 2. The number of halogens is 4. The molecule has 1 N–H and O–H groups in total. The van der Waals surface area contributed by atoms with E-state index in [1.807, 2.05) is 18.2 Å². The van der Waals surface area contributed by atoms with Crippen LogP contribution in [0.4, 0.5) is 13.2 Å². The number of rotatable bonds is 8. The number of amides is 2. The maximum atomic E-state index is 12.8. The fraction of sp³-hybridized carbons (Fsp3) is 0.517. The third-order valence-electron chi connectivity index (χ3n) is 8.18. The number of nitrogens with one attached hydrogen (secondary N) is 1. The lowest BCUT2D eigenvalue weighted by Gasteiger charge is -2.39. The first-order valence-corrected chi connectivity index (χ1v) is 13.2. The van der Waals surface area contributed by atoms with Crippen LogP contribution in [-0.4, -0.2) is 47.8 Å². The van der Waals surface area contributed by atoms with Crippen LogP contribution in [0.5, 0.6) is 0 Å². The van der Waals surface area contributed by atoms with Gasteiger partial charge in [-0.3, -0.25) is 9.59 Å². The molecule has 3 aliphatic rings. The number of carbonyl (C=O) groups excluding carboxylic acids is 2. The molecule has 0 unspecified atom stereocenters. The van der Waals surface area contributed by atoms with Crippen molar-refractivity contribution in [2.24, 2.45) is 11.3 Å². The topological polar surface area (TPSA) is 52.7 Å². The Morgan fingerprint density at radius 2 is 1.68 bits per heavy atom. The van der Waals surface area contributed by atoms with Gasteiger partial charge in [-0.15, -0.1) is 12.4 Å². The molecule has 3 fully saturated rings. The van der Waals surface area contributed by atoms with E-state index in [0.717, 1.165) is 75.0 Å². The zero-order valence-corrected chi connectivity index (χ0v) is 22.2. The predicted octanol–water partition coefficient (Wildman–Crippen LogP) is 5.60. The van der Waals surface area contributed by atoms with E-state index in [0.29, 0.717) is 19.5 Å². The number of hydrogen-bond acceptors (Lipinski definition) is 3. The van der Waals surface area contributed by atoms with Gasteiger partial charge in [-0.2, -0.15) is 13.2 Å². The summed E-state index contributed by atoms with van der Waals surface area (Å²) in [7, 11) is 0. The molecule has 206 valence electrons. The molecule has 2 saturated heterocycles. The molecule has 2 heterocycles. The van der Waals surface area contributed by atoms with Crippen LogP contribution in [-0.2, 0) is 22.3 Å². The Morgan fingerprint density at radius 3 is 2.29 bits per heavy atom. The standard InChI is InChI=1S/C29H34F3N3O2.ClH/c30-29(31,32)24-10-6-21(7-11-24)19-35-20-28(18-26(35)36)13-16-34(17-14-28)15-12-25(22-4-2-1-3-5-22)33-27(37)23-8-9-23;/h1-7,10-11,23,25H,8-9,12-20H2,(H,33,37);1H/t25-;/m0./s1. The van der Waals surface area contributed by atoms with E-state index in [2.05, 4.69) is 22.3 Å². The van der Waals surface area contributed by atoms with Gasteiger partial charge in [0.1, 0.15) is 0 Å². The van der Waals surface area contributed by atoms with Crippen molar-refractivity contribution in [1.82, 2.24) is 15.1 Å². The first-order chi connectivity index (χ1) is 17.7. The maximum absolute atomic E-state index is 12.8. The van der Waals surface area contributed by atoms with Gasteiger partial charge in [-0.1, -0.05) is 42.5 Å². The zero-order valence-electron chi connectivity index (χ0n) is 21.4. The quantitative estimate of drug-likeness (QED) is 0.466. The van der Waals surface area contributed by atoms with Crippen molar-refractivity contribution < 1.29 is 22.8 Å². The van der Waals surface area contributed by atoms with Gasteiger partial charge in [0.2, 0.25) is 11.8 Å².